The van der Waals surface area contributed by atoms with Crippen LogP contribution in [0, 0.1) is 6.92 Å². The lowest BCUT2D eigenvalue weighted by Gasteiger charge is -2.39. The lowest BCUT2D eigenvalue weighted by Crippen LogP contribution is -2.48. The highest BCUT2D eigenvalue weighted by molar-refractivity contribution is 5.74. The lowest BCUT2D eigenvalue weighted by atomic mass is 9.96. The highest BCUT2D eigenvalue weighted by Crippen LogP contribution is 2.29. The Balaban J connectivity index is 0.000000186. The van der Waals surface area contributed by atoms with E-state index in [-0.39, 0.29) is 17.1 Å². The van der Waals surface area contributed by atoms with E-state index in [0.717, 1.165) is 62.3 Å². The van der Waals surface area contributed by atoms with Gasteiger partial charge in [0.2, 0.25) is 5.82 Å². The van der Waals surface area contributed by atoms with Crippen molar-refractivity contribution in [2.45, 2.75) is 25.9 Å². The van der Waals surface area contributed by atoms with E-state index in [9.17, 15) is 9.59 Å². The summed E-state index contributed by atoms with van der Waals surface area (Å²) in [5, 5.41) is 13.3. The number of nitrogens with zero attached hydrogens (tertiary/aromatic N) is 8. The number of tetrazole rings is 1. The molecule has 0 aliphatic carbocycles. The van der Waals surface area contributed by atoms with Crippen molar-refractivity contribution >= 4 is 16.7 Å². The summed E-state index contributed by atoms with van der Waals surface area (Å²) in [6.07, 6.45) is 4.11. The van der Waals surface area contributed by atoms with Crippen molar-refractivity contribution < 1.29 is 0 Å². The third kappa shape index (κ3) is 6.96. The molecular weight excluding hydrogens is 616 g/mol. The third-order valence-corrected chi connectivity index (χ3v) is 9.05. The molecule has 0 saturated carbocycles. The molecule has 0 amide bonds. The van der Waals surface area contributed by atoms with Crippen LogP contribution in [0.15, 0.2) is 119 Å². The number of H-pyrrole nitrogens is 2. The first-order valence-corrected chi connectivity index (χ1v) is 16.5. The normalized spacial score (nSPS) is 13.9. The summed E-state index contributed by atoms with van der Waals surface area (Å²) in [4.78, 5) is 36.8. The molecule has 1 fully saturated rings. The first kappa shape index (κ1) is 31.9. The van der Waals surface area contributed by atoms with E-state index in [0.29, 0.717) is 17.3 Å². The number of hydrogen-bond donors (Lipinski definition) is 2. The number of fused-ring (bicyclic) bond motifs is 2. The fourth-order valence-corrected chi connectivity index (χ4v) is 6.59. The van der Waals surface area contributed by atoms with Crippen LogP contribution in [-0.2, 0) is 6.54 Å². The van der Waals surface area contributed by atoms with Gasteiger partial charge in [0.1, 0.15) is 11.2 Å². The van der Waals surface area contributed by atoms with Crippen LogP contribution in [0.1, 0.15) is 29.2 Å². The number of aryl methyl sites for hydroxylation is 2. The molecule has 1 aliphatic rings. The number of imidazole rings is 1. The zero-order valence-corrected chi connectivity index (χ0v) is 27.3. The second kappa shape index (κ2) is 14.6. The smallest absolute Gasteiger partial charge is 0.306 e. The summed E-state index contributed by atoms with van der Waals surface area (Å²) in [7, 11) is 0. The van der Waals surface area contributed by atoms with E-state index >= 15 is 0 Å². The minimum atomic E-state index is -0.208. The van der Waals surface area contributed by atoms with Crippen molar-refractivity contribution in [2.24, 2.45) is 0 Å². The SMILES string of the molecule is Cc1cccn2c(=O)c(-c3nn[nH]n3)cnc12.O=c1[nH]c2ccccc2n1CCCN1CCN(C(c2ccccc2)c2ccccc2)CC1. The van der Waals surface area contributed by atoms with Gasteiger partial charge in [-0.3, -0.25) is 18.7 Å². The predicted octanol–water partition coefficient (Wildman–Crippen LogP) is 4.31. The largest absolute Gasteiger partial charge is 0.326 e. The molecule has 7 aromatic rings. The van der Waals surface area contributed by atoms with Gasteiger partial charge in [-0.2, -0.15) is 5.21 Å². The molecule has 4 aromatic heterocycles. The molecule has 2 N–H and O–H groups in total. The van der Waals surface area contributed by atoms with Crippen LogP contribution in [0.3, 0.4) is 0 Å². The highest BCUT2D eigenvalue weighted by atomic mass is 16.1. The van der Waals surface area contributed by atoms with E-state index in [1.807, 2.05) is 41.8 Å². The van der Waals surface area contributed by atoms with Crippen LogP contribution in [-0.4, -0.2) is 82.1 Å². The quantitative estimate of drug-likeness (QED) is 0.248. The summed E-state index contributed by atoms with van der Waals surface area (Å²) < 4.78 is 3.34. The molecule has 1 saturated heterocycles. The second-order valence-corrected chi connectivity index (χ2v) is 12.2. The van der Waals surface area contributed by atoms with Crippen molar-refractivity contribution in [1.29, 1.82) is 0 Å². The maximum Gasteiger partial charge on any atom is 0.326 e. The van der Waals surface area contributed by atoms with Gasteiger partial charge in [0, 0.05) is 45.1 Å². The minimum absolute atomic E-state index is 0.00965. The first-order valence-electron chi connectivity index (χ1n) is 16.5. The van der Waals surface area contributed by atoms with Crippen LogP contribution in [0.25, 0.3) is 28.1 Å². The van der Waals surface area contributed by atoms with Crippen molar-refractivity contribution in [2.75, 3.05) is 32.7 Å². The molecule has 0 spiro atoms. The summed E-state index contributed by atoms with van der Waals surface area (Å²) in [6.45, 7) is 7.86. The maximum absolute atomic E-state index is 12.3. The van der Waals surface area contributed by atoms with E-state index in [4.69, 9.17) is 0 Å². The molecule has 0 atom stereocenters. The molecule has 3 aromatic carbocycles. The fraction of sp³-hybridized carbons (Fsp3) is 0.243. The number of hydrogen-bond acceptors (Lipinski definition) is 8. The van der Waals surface area contributed by atoms with Gasteiger partial charge < -0.3 is 9.88 Å². The van der Waals surface area contributed by atoms with Crippen molar-refractivity contribution in [1.82, 2.24) is 49.4 Å². The lowest BCUT2D eigenvalue weighted by molar-refractivity contribution is 0.108. The highest BCUT2D eigenvalue weighted by Gasteiger charge is 2.26. The number of rotatable bonds is 8. The van der Waals surface area contributed by atoms with Crippen molar-refractivity contribution in [3.05, 3.63) is 147 Å². The van der Waals surface area contributed by atoms with Gasteiger partial charge >= 0.3 is 5.69 Å². The van der Waals surface area contributed by atoms with Crippen LogP contribution < -0.4 is 11.2 Å². The number of piperazine rings is 1. The monoisotopic (exact) mass is 654 g/mol. The van der Waals surface area contributed by atoms with Gasteiger partial charge in [0.15, 0.2) is 0 Å². The average molecular weight is 655 g/mol. The fourth-order valence-electron chi connectivity index (χ4n) is 6.59. The Hall–Kier alpha value is -5.72. The van der Waals surface area contributed by atoms with Gasteiger partial charge in [0.05, 0.1) is 17.1 Å². The molecule has 49 heavy (non-hydrogen) atoms. The Morgan fingerprint density at radius 1 is 0.796 bits per heavy atom. The topological polar surface area (TPSA) is 133 Å². The molecule has 8 rings (SSSR count). The van der Waals surface area contributed by atoms with Gasteiger partial charge in [-0.15, -0.1) is 10.2 Å². The molecular formula is C37H38N10O2. The van der Waals surface area contributed by atoms with E-state index in [2.05, 4.69) is 101 Å². The van der Waals surface area contributed by atoms with E-state index in [1.165, 1.54) is 21.7 Å². The Bertz CT molecular complexity index is 2200. The van der Waals surface area contributed by atoms with Gasteiger partial charge in [-0.25, -0.2) is 9.78 Å². The third-order valence-electron chi connectivity index (χ3n) is 9.05. The minimum Gasteiger partial charge on any atom is -0.306 e. The Kier molecular flexibility index (Phi) is 9.48. The molecule has 0 radical (unpaired) electrons. The Labute approximate surface area is 282 Å². The zero-order chi connectivity index (χ0) is 33.6. The molecule has 12 heteroatoms. The van der Waals surface area contributed by atoms with Gasteiger partial charge in [-0.05, 0) is 60.0 Å². The summed E-state index contributed by atoms with van der Waals surface area (Å²) in [6, 6.07) is 33.6. The van der Waals surface area contributed by atoms with Crippen LogP contribution >= 0.6 is 0 Å². The summed E-state index contributed by atoms with van der Waals surface area (Å²) in [5.41, 5.74) is 6.28. The average Bonchev–Trinajstić information content (AvgIpc) is 3.79. The number of pyridine rings is 1. The van der Waals surface area contributed by atoms with E-state index in [1.54, 1.807) is 12.3 Å². The molecule has 0 unspecified atom stereocenters. The number of aromatic amines is 2. The molecule has 248 valence electrons. The summed E-state index contributed by atoms with van der Waals surface area (Å²) >= 11 is 0. The first-order chi connectivity index (χ1) is 24.1. The standard InChI is InChI=1S/C27H30N4O.C10H8N6O/c32-27-28-24-14-7-8-15-25(24)31(27)17-9-16-29-18-20-30(21-19-29)26(22-10-3-1-4-11-22)23-12-5-2-6-13-23;1-6-3-2-4-16-9(6)11-5-7(10(16)17)8-12-14-15-13-8/h1-8,10-15,26H,9,16-21H2,(H,28,32);2-5H,1H3,(H,12,13,14,15). The molecule has 12 nitrogen and oxygen atoms in total. The number of aromatic nitrogens is 8. The van der Waals surface area contributed by atoms with Crippen LogP contribution in [0.2, 0.25) is 0 Å². The van der Waals surface area contributed by atoms with Crippen LogP contribution in [0.4, 0.5) is 0 Å². The van der Waals surface area contributed by atoms with Crippen molar-refractivity contribution in [3.63, 3.8) is 0 Å². The second-order valence-electron chi connectivity index (χ2n) is 12.2. The summed E-state index contributed by atoms with van der Waals surface area (Å²) in [5.74, 6) is 0.249. The maximum atomic E-state index is 12.3. The van der Waals surface area contributed by atoms with Crippen molar-refractivity contribution in [3.8, 4) is 11.4 Å². The Morgan fingerprint density at radius 2 is 1.49 bits per heavy atom. The number of benzene rings is 3. The van der Waals surface area contributed by atoms with Gasteiger partial charge in [0.25, 0.3) is 5.56 Å². The Morgan fingerprint density at radius 3 is 2.18 bits per heavy atom. The number of nitrogens with one attached hydrogen (secondary N) is 2. The zero-order valence-electron chi connectivity index (χ0n) is 27.3. The predicted molar refractivity (Wildman–Crippen MR) is 189 cm³/mol. The van der Waals surface area contributed by atoms with Gasteiger partial charge in [-0.1, -0.05) is 78.9 Å². The van der Waals surface area contributed by atoms with Crippen LogP contribution in [0.5, 0.6) is 0 Å². The molecule has 0 bridgehead atoms. The molecule has 5 heterocycles. The number of para-hydroxylation sites is 2. The molecule has 1 aliphatic heterocycles. The van der Waals surface area contributed by atoms with E-state index < -0.39 is 0 Å².